The van der Waals surface area contributed by atoms with E-state index >= 15 is 0 Å². The summed E-state index contributed by atoms with van der Waals surface area (Å²) in [6, 6.07) is 5.21. The third-order valence-corrected chi connectivity index (χ3v) is 4.50. The van der Waals surface area contributed by atoms with E-state index in [1.807, 2.05) is 0 Å². The van der Waals surface area contributed by atoms with E-state index < -0.39 is 12.1 Å². The van der Waals surface area contributed by atoms with Crippen molar-refractivity contribution in [2.45, 2.75) is 57.7 Å². The number of carbonyl (C=O) groups is 2. The summed E-state index contributed by atoms with van der Waals surface area (Å²) < 4.78 is 0. The van der Waals surface area contributed by atoms with Crippen molar-refractivity contribution in [3.63, 3.8) is 0 Å². The molecule has 166 valence electrons. The maximum Gasteiger partial charge on any atom is 0.312 e. The Morgan fingerprint density at radius 2 is 1.93 bits per heavy atom. The lowest BCUT2D eigenvalue weighted by Gasteiger charge is -2.19. The molecule has 1 aromatic carbocycles. The van der Waals surface area contributed by atoms with Crippen LogP contribution in [0.5, 0.6) is 0 Å². The Bertz CT molecular complexity index is 707. The van der Waals surface area contributed by atoms with Crippen LogP contribution in [0.2, 0.25) is 0 Å². The third kappa shape index (κ3) is 9.48. The van der Waals surface area contributed by atoms with Gasteiger partial charge in [-0.05, 0) is 37.0 Å². The number of aliphatic hydroxyl groups excluding tert-OH is 1. The minimum atomic E-state index is -0.632. The van der Waals surface area contributed by atoms with Crippen molar-refractivity contribution in [2.24, 2.45) is 16.6 Å². The van der Waals surface area contributed by atoms with E-state index in [4.69, 9.17) is 22.1 Å². The summed E-state index contributed by atoms with van der Waals surface area (Å²) in [6.45, 7) is 2.31. The minimum absolute atomic E-state index is 0.0756. The zero-order valence-electron chi connectivity index (χ0n) is 17.4. The standard InChI is InChI=1S/C20H33N7O3/c1-2-3-5-16(21)18(27-23)12-25-17(6-4-11-24-20(22)30)19(29)26-15-9-7-14(13-28)8-10-15/h7-10,12,16-17,23,25,28H,2-6,11,13,21H2,1H3,(H,26,29)(H3,22,24,30)/b18-12-,27-23?/t16-,17+/m1/s1. The van der Waals surface area contributed by atoms with Crippen molar-refractivity contribution in [3.05, 3.63) is 41.7 Å². The summed E-state index contributed by atoms with van der Waals surface area (Å²) in [4.78, 5) is 23.6. The minimum Gasteiger partial charge on any atom is -0.392 e. The van der Waals surface area contributed by atoms with Gasteiger partial charge in [-0.3, -0.25) is 4.79 Å². The number of nitrogens with two attached hydrogens (primary N) is 2. The van der Waals surface area contributed by atoms with Crippen LogP contribution < -0.4 is 27.4 Å². The molecule has 0 fully saturated rings. The zero-order valence-corrected chi connectivity index (χ0v) is 17.4. The Hall–Kier alpha value is -2.98. The number of primary amides is 1. The number of rotatable bonds is 14. The molecule has 30 heavy (non-hydrogen) atoms. The van der Waals surface area contributed by atoms with Gasteiger partial charge in [0.05, 0.1) is 18.3 Å². The Morgan fingerprint density at radius 1 is 1.23 bits per heavy atom. The first-order valence-electron chi connectivity index (χ1n) is 10.0. The molecule has 0 bridgehead atoms. The first-order chi connectivity index (χ1) is 14.4. The van der Waals surface area contributed by atoms with Crippen molar-refractivity contribution in [1.82, 2.24) is 10.6 Å². The molecule has 0 aliphatic heterocycles. The Balaban J connectivity index is 2.82. The number of hydrogen-bond donors (Lipinski definition) is 7. The van der Waals surface area contributed by atoms with E-state index in [-0.39, 0.29) is 18.6 Å². The Morgan fingerprint density at radius 3 is 2.50 bits per heavy atom. The van der Waals surface area contributed by atoms with Crippen LogP contribution in [-0.4, -0.2) is 35.7 Å². The molecule has 0 unspecified atom stereocenters. The number of hydrogen-bond acceptors (Lipinski definition) is 7. The molecule has 10 nitrogen and oxygen atoms in total. The molecule has 3 amide bonds. The number of amides is 3. The Kier molecular flexibility index (Phi) is 11.8. The van der Waals surface area contributed by atoms with Gasteiger partial charge in [0, 0.05) is 18.4 Å². The van der Waals surface area contributed by atoms with Crippen LogP contribution in [0.25, 0.3) is 0 Å². The van der Waals surface area contributed by atoms with Gasteiger partial charge in [0.15, 0.2) is 0 Å². The van der Waals surface area contributed by atoms with E-state index in [9.17, 15) is 9.59 Å². The van der Waals surface area contributed by atoms with Gasteiger partial charge >= 0.3 is 6.03 Å². The predicted molar refractivity (Wildman–Crippen MR) is 115 cm³/mol. The van der Waals surface area contributed by atoms with Crippen molar-refractivity contribution >= 4 is 17.6 Å². The van der Waals surface area contributed by atoms with Crippen LogP contribution >= 0.6 is 0 Å². The molecule has 1 rings (SSSR count). The van der Waals surface area contributed by atoms with E-state index in [0.29, 0.717) is 37.2 Å². The van der Waals surface area contributed by atoms with Crippen molar-refractivity contribution in [1.29, 1.82) is 5.53 Å². The molecule has 2 atom stereocenters. The average Bonchev–Trinajstić information content (AvgIpc) is 2.74. The summed E-state index contributed by atoms with van der Waals surface area (Å²) in [5.41, 5.74) is 20.2. The lowest BCUT2D eigenvalue weighted by atomic mass is 10.1. The van der Waals surface area contributed by atoms with E-state index in [2.05, 4.69) is 28.0 Å². The van der Waals surface area contributed by atoms with Gasteiger partial charge in [-0.25, -0.2) is 10.3 Å². The molecule has 10 heteroatoms. The van der Waals surface area contributed by atoms with E-state index in [0.717, 1.165) is 18.4 Å². The predicted octanol–water partition coefficient (Wildman–Crippen LogP) is 1.91. The molecule has 9 N–H and O–H groups in total. The number of nitrogens with one attached hydrogen (secondary N) is 4. The molecular formula is C20H33N7O3. The van der Waals surface area contributed by atoms with Gasteiger partial charge in [0.2, 0.25) is 5.91 Å². The highest BCUT2D eigenvalue weighted by Crippen LogP contribution is 2.12. The monoisotopic (exact) mass is 419 g/mol. The molecule has 0 radical (unpaired) electrons. The van der Waals surface area contributed by atoms with Crippen LogP contribution in [0.15, 0.2) is 41.3 Å². The molecule has 0 aliphatic rings. The quantitative estimate of drug-likeness (QED) is 0.179. The summed E-state index contributed by atoms with van der Waals surface area (Å²) >= 11 is 0. The fraction of sp³-hybridized carbons (Fsp3) is 0.500. The van der Waals surface area contributed by atoms with Gasteiger partial charge < -0.3 is 32.5 Å². The van der Waals surface area contributed by atoms with E-state index in [1.54, 1.807) is 24.3 Å². The highest BCUT2D eigenvalue weighted by molar-refractivity contribution is 5.94. The van der Waals surface area contributed by atoms with Crippen LogP contribution in [0.1, 0.15) is 44.6 Å². The molecule has 1 aromatic rings. The normalized spacial score (nSPS) is 13.2. The second kappa shape index (κ2) is 14.1. The first-order valence-corrected chi connectivity index (χ1v) is 10.0. The maximum absolute atomic E-state index is 12.8. The number of urea groups is 1. The van der Waals surface area contributed by atoms with Gasteiger partial charge in [0.25, 0.3) is 0 Å². The van der Waals surface area contributed by atoms with Crippen molar-refractivity contribution < 1.29 is 14.7 Å². The summed E-state index contributed by atoms with van der Waals surface area (Å²) in [7, 11) is 0. The molecule has 0 aromatic heterocycles. The smallest absolute Gasteiger partial charge is 0.312 e. The van der Waals surface area contributed by atoms with E-state index in [1.165, 1.54) is 6.20 Å². The summed E-state index contributed by atoms with van der Waals surface area (Å²) in [6.07, 6.45) is 5.03. The lowest BCUT2D eigenvalue weighted by molar-refractivity contribution is -0.118. The maximum atomic E-state index is 12.8. The van der Waals surface area contributed by atoms with Crippen LogP contribution in [0, 0.1) is 5.53 Å². The van der Waals surface area contributed by atoms with Gasteiger partial charge in [-0.2, -0.15) is 5.11 Å². The molecule has 0 spiro atoms. The van der Waals surface area contributed by atoms with Gasteiger partial charge in [-0.1, -0.05) is 31.9 Å². The van der Waals surface area contributed by atoms with Crippen molar-refractivity contribution in [2.75, 3.05) is 11.9 Å². The second-order valence-corrected chi connectivity index (χ2v) is 6.93. The van der Waals surface area contributed by atoms with Crippen LogP contribution in [-0.2, 0) is 11.4 Å². The number of nitrogens with zero attached hydrogens (tertiary/aromatic N) is 1. The van der Waals surface area contributed by atoms with Crippen molar-refractivity contribution in [3.8, 4) is 0 Å². The topological polar surface area (TPSA) is 179 Å². The third-order valence-electron chi connectivity index (χ3n) is 4.50. The summed E-state index contributed by atoms with van der Waals surface area (Å²) in [5.74, 6) is -0.284. The van der Waals surface area contributed by atoms with Gasteiger partial charge in [0.1, 0.15) is 6.04 Å². The molecule has 0 saturated heterocycles. The molecule has 0 saturated carbocycles. The highest BCUT2D eigenvalue weighted by atomic mass is 16.3. The van der Waals surface area contributed by atoms with Crippen LogP contribution in [0.3, 0.4) is 0 Å². The fourth-order valence-electron chi connectivity index (χ4n) is 2.71. The first kappa shape index (κ1) is 25.1. The molecule has 0 heterocycles. The number of aliphatic hydroxyl groups is 1. The summed E-state index contributed by atoms with van der Waals surface area (Å²) in [5, 5.41) is 20.9. The number of benzene rings is 1. The molecular weight excluding hydrogens is 386 g/mol. The second-order valence-electron chi connectivity index (χ2n) is 6.93. The van der Waals surface area contributed by atoms with Crippen LogP contribution in [0.4, 0.5) is 10.5 Å². The van der Waals surface area contributed by atoms with Gasteiger partial charge in [-0.15, -0.1) is 0 Å². The largest absolute Gasteiger partial charge is 0.392 e. The number of unbranched alkanes of at least 4 members (excludes halogenated alkanes) is 1. The lowest BCUT2D eigenvalue weighted by Crippen LogP contribution is -2.39. The Labute approximate surface area is 177 Å². The zero-order chi connectivity index (χ0) is 22.4. The molecule has 0 aliphatic carbocycles. The number of anilines is 1. The number of carbonyl (C=O) groups excluding carboxylic acids is 2. The fourth-order valence-corrected chi connectivity index (χ4v) is 2.71. The SMILES string of the molecule is CCCC[C@@H](N)/C(=C/N[C@@H](CCCNC(N)=O)C(=O)Nc1ccc(CO)cc1)N=N. The highest BCUT2D eigenvalue weighted by Gasteiger charge is 2.18. The average molecular weight is 420 g/mol.